The van der Waals surface area contributed by atoms with Crippen LogP contribution in [0.25, 0.3) is 0 Å². The van der Waals surface area contributed by atoms with Gasteiger partial charge in [0.25, 0.3) is 0 Å². The average molecular weight is 944 g/mol. The molecule has 5 atom stereocenters. The molecule has 0 aromatic heterocycles. The molecule has 2 aliphatic heterocycles. The van der Waals surface area contributed by atoms with E-state index in [0.29, 0.717) is 34.4 Å². The van der Waals surface area contributed by atoms with E-state index in [-0.39, 0.29) is 44.9 Å². The highest BCUT2D eigenvalue weighted by molar-refractivity contribution is 9.10. The summed E-state index contributed by atoms with van der Waals surface area (Å²) in [4.78, 5) is 96.4. The number of fused-ring (bicyclic) bond motifs is 18. The molecule has 5 aromatic carbocycles. The molecule has 14 nitrogen and oxygen atoms in total. The smallest absolute Gasteiger partial charge is 0.326 e. The fourth-order valence-electron chi connectivity index (χ4n) is 7.37. The number of rotatable bonds is 12. The lowest BCUT2D eigenvalue weighted by Gasteiger charge is -2.27. The zero-order valence-electron chi connectivity index (χ0n) is 35.5. The molecule has 7 N–H and O–H groups in total. The molecule has 0 fully saturated rings. The van der Waals surface area contributed by atoms with Crippen molar-refractivity contribution >= 4 is 63.0 Å². The Morgan fingerprint density at radius 1 is 0.585 bits per heavy atom. The molecule has 5 aromatic rings. The molecule has 65 heavy (non-hydrogen) atoms. The van der Waals surface area contributed by atoms with Crippen molar-refractivity contribution in [3.63, 3.8) is 0 Å². The van der Waals surface area contributed by atoms with E-state index in [9.17, 15) is 38.7 Å². The van der Waals surface area contributed by atoms with E-state index in [1.807, 2.05) is 30.3 Å². The van der Waals surface area contributed by atoms with Gasteiger partial charge in [-0.25, -0.2) is 4.79 Å². The third-order valence-electron chi connectivity index (χ3n) is 10.9. The van der Waals surface area contributed by atoms with Crippen molar-refractivity contribution < 1.29 is 38.7 Å². The molecular weight excluding hydrogens is 892 g/mol. The SMILES string of the molecule is O=C1CCC(=O)N[C@H](CCc2ccccc2)C(=O)N[C@@H](Cc2ccc(Br)cc2)C(=O)N[C@H](Cc2ccccc2)C(=O)N[C@@H](C(=O)N[C@@H](Cc2ccccc2)C(=O)O)Cc2ccc(cc2)N1. The van der Waals surface area contributed by atoms with Gasteiger partial charge in [-0.3, -0.25) is 28.8 Å². The Morgan fingerprint density at radius 2 is 1.09 bits per heavy atom. The average Bonchev–Trinajstić information content (AvgIpc) is 3.30. The molecular formula is C50H51BrN6O8. The largest absolute Gasteiger partial charge is 0.480 e. The standard InChI is InChI=1S/C50H51BrN6O8/c51-37-21-16-35(17-22-37)29-41-48(62)55-40(28-33-12-6-2-7-13-33)47(61)56-42(49(63)57-43(50(64)65)31-34-14-8-3-9-15-34)30-36-18-23-38(24-19-36)52-44(58)26-27-45(59)53-39(46(60)54-41)25-20-32-10-4-1-5-11-32/h1-19,21-24,39-43H,20,25-31H2,(H,52,58)(H,53,59)(H,54,60)(H,55,62)(H,56,61)(H,57,63)(H,64,65)/t39-,40-,41+,42-,43+/m1/s1. The van der Waals surface area contributed by atoms with Crippen LogP contribution >= 0.6 is 15.9 Å². The first-order valence-corrected chi connectivity index (χ1v) is 22.2. The number of aliphatic carboxylic acids is 1. The number of benzene rings is 5. The predicted octanol–water partition coefficient (Wildman–Crippen LogP) is 4.59. The highest BCUT2D eigenvalue weighted by Gasteiger charge is 2.33. The number of hydrogen-bond donors (Lipinski definition) is 7. The van der Waals surface area contributed by atoms with Crippen LogP contribution in [0.3, 0.4) is 0 Å². The molecule has 0 radical (unpaired) electrons. The molecule has 2 bridgehead atoms. The molecule has 6 amide bonds. The van der Waals surface area contributed by atoms with Crippen LogP contribution in [0.15, 0.2) is 144 Å². The van der Waals surface area contributed by atoms with E-state index in [1.54, 1.807) is 109 Å². The second-order valence-electron chi connectivity index (χ2n) is 15.9. The summed E-state index contributed by atoms with van der Waals surface area (Å²) in [6.07, 6.45) is 0.0292. The Hall–Kier alpha value is -7.13. The van der Waals surface area contributed by atoms with Gasteiger partial charge in [-0.1, -0.05) is 131 Å². The van der Waals surface area contributed by atoms with Gasteiger partial charge >= 0.3 is 5.97 Å². The van der Waals surface area contributed by atoms with E-state index < -0.39 is 71.6 Å². The summed E-state index contributed by atoms with van der Waals surface area (Å²) < 4.78 is 0.794. The molecule has 0 aliphatic carbocycles. The fourth-order valence-corrected chi connectivity index (χ4v) is 7.64. The molecule has 2 heterocycles. The maximum absolute atomic E-state index is 14.6. The molecule has 0 saturated carbocycles. The van der Waals surface area contributed by atoms with Crippen molar-refractivity contribution in [1.82, 2.24) is 26.6 Å². The summed E-state index contributed by atoms with van der Waals surface area (Å²) in [5.74, 6) is -5.15. The highest BCUT2D eigenvalue weighted by Crippen LogP contribution is 2.16. The van der Waals surface area contributed by atoms with Gasteiger partial charge in [0.15, 0.2) is 0 Å². The van der Waals surface area contributed by atoms with E-state index >= 15 is 0 Å². The molecule has 7 rings (SSSR count). The minimum Gasteiger partial charge on any atom is -0.480 e. The molecule has 15 heteroatoms. The van der Waals surface area contributed by atoms with Crippen LogP contribution in [-0.4, -0.2) is 76.7 Å². The number of carboxylic acids is 1. The summed E-state index contributed by atoms with van der Waals surface area (Å²) >= 11 is 3.43. The number of halogens is 1. The van der Waals surface area contributed by atoms with Crippen molar-refractivity contribution in [3.8, 4) is 0 Å². The van der Waals surface area contributed by atoms with Crippen LogP contribution in [-0.2, 0) is 65.7 Å². The summed E-state index contributed by atoms with van der Waals surface area (Å²) in [5.41, 5.74) is 3.93. The van der Waals surface area contributed by atoms with Gasteiger partial charge < -0.3 is 37.0 Å². The fraction of sp³-hybridized carbons (Fsp3) is 0.260. The monoisotopic (exact) mass is 942 g/mol. The summed E-state index contributed by atoms with van der Waals surface area (Å²) in [5, 5.41) is 26.8. The molecule has 0 saturated heterocycles. The van der Waals surface area contributed by atoms with E-state index in [0.717, 1.165) is 10.0 Å². The van der Waals surface area contributed by atoms with E-state index in [4.69, 9.17) is 0 Å². The Morgan fingerprint density at radius 3 is 1.68 bits per heavy atom. The third-order valence-corrected chi connectivity index (χ3v) is 11.4. The number of carbonyl (C=O) groups excluding carboxylic acids is 6. The summed E-state index contributed by atoms with van der Waals surface area (Å²) in [6.45, 7) is 0. The number of carboxylic acid groups (broad SMARTS) is 1. The Bertz CT molecular complexity index is 2420. The van der Waals surface area contributed by atoms with Gasteiger partial charge in [0.05, 0.1) is 0 Å². The molecule has 2 aliphatic rings. The lowest BCUT2D eigenvalue weighted by atomic mass is 10.00. The molecule has 0 spiro atoms. The van der Waals surface area contributed by atoms with Gasteiger partial charge in [-0.05, 0) is 64.9 Å². The zero-order chi connectivity index (χ0) is 46.1. The van der Waals surface area contributed by atoms with Crippen LogP contribution in [0.4, 0.5) is 5.69 Å². The van der Waals surface area contributed by atoms with Crippen LogP contribution < -0.4 is 31.9 Å². The predicted molar refractivity (Wildman–Crippen MR) is 248 cm³/mol. The van der Waals surface area contributed by atoms with E-state index in [1.165, 1.54) is 0 Å². The highest BCUT2D eigenvalue weighted by atomic mass is 79.9. The van der Waals surface area contributed by atoms with E-state index in [2.05, 4.69) is 47.8 Å². The van der Waals surface area contributed by atoms with Crippen molar-refractivity contribution in [2.75, 3.05) is 5.32 Å². The van der Waals surface area contributed by atoms with Crippen molar-refractivity contribution in [1.29, 1.82) is 0 Å². The first kappa shape index (κ1) is 47.4. The second-order valence-corrected chi connectivity index (χ2v) is 16.8. The van der Waals surface area contributed by atoms with Crippen molar-refractivity contribution in [2.45, 2.75) is 81.6 Å². The minimum atomic E-state index is -1.34. The number of amides is 6. The van der Waals surface area contributed by atoms with Crippen LogP contribution in [0.5, 0.6) is 0 Å². The quantitative estimate of drug-likeness (QED) is 0.0878. The maximum Gasteiger partial charge on any atom is 0.326 e. The lowest BCUT2D eigenvalue weighted by molar-refractivity contribution is -0.142. The van der Waals surface area contributed by atoms with Gasteiger partial charge in [-0.2, -0.15) is 0 Å². The first-order valence-electron chi connectivity index (χ1n) is 21.4. The zero-order valence-corrected chi connectivity index (χ0v) is 37.1. The number of anilines is 1. The van der Waals surface area contributed by atoms with Gasteiger partial charge in [-0.15, -0.1) is 0 Å². The van der Waals surface area contributed by atoms with Gasteiger partial charge in [0, 0.05) is 48.7 Å². The minimum absolute atomic E-state index is 0.00287. The normalized spacial score (nSPS) is 19.2. The topological polar surface area (TPSA) is 212 Å². The number of carbonyl (C=O) groups is 7. The van der Waals surface area contributed by atoms with Crippen molar-refractivity contribution in [3.05, 3.63) is 172 Å². The van der Waals surface area contributed by atoms with Crippen LogP contribution in [0.1, 0.15) is 47.1 Å². The van der Waals surface area contributed by atoms with Gasteiger partial charge in [0.1, 0.15) is 30.2 Å². The van der Waals surface area contributed by atoms with Crippen LogP contribution in [0.2, 0.25) is 0 Å². The molecule has 0 unspecified atom stereocenters. The lowest BCUT2D eigenvalue weighted by Crippen LogP contribution is -2.60. The van der Waals surface area contributed by atoms with Crippen molar-refractivity contribution in [2.24, 2.45) is 0 Å². The Labute approximate surface area is 385 Å². The molecule has 336 valence electrons. The van der Waals surface area contributed by atoms with Gasteiger partial charge in [0.2, 0.25) is 35.4 Å². The summed E-state index contributed by atoms with van der Waals surface area (Å²) in [7, 11) is 0. The Balaban J connectivity index is 1.35. The maximum atomic E-state index is 14.6. The van der Waals surface area contributed by atoms with Crippen LogP contribution in [0, 0.1) is 0 Å². The number of hydrogen-bond acceptors (Lipinski definition) is 7. The number of nitrogens with one attached hydrogen (secondary N) is 6. The summed E-state index contributed by atoms with van der Waals surface area (Å²) in [6, 6.07) is 34.5. The number of aryl methyl sites for hydroxylation is 1. The second kappa shape index (κ2) is 23.5. The first-order chi connectivity index (χ1) is 31.4. The third kappa shape index (κ3) is 15.0. The Kier molecular flexibility index (Phi) is 17.1.